The minimum Gasteiger partial charge on any atom is -0.262 e. The first kappa shape index (κ1) is 11.2. The van der Waals surface area contributed by atoms with E-state index in [1.54, 1.807) is 18.5 Å². The summed E-state index contributed by atoms with van der Waals surface area (Å²) in [6.07, 6.45) is 4.81. The fraction of sp³-hybridized carbons (Fsp3) is 0.143. The van der Waals surface area contributed by atoms with Crippen LogP contribution in [0.1, 0.15) is 11.1 Å². The summed E-state index contributed by atoms with van der Waals surface area (Å²) in [5, 5.41) is 0. The van der Waals surface area contributed by atoms with E-state index in [9.17, 15) is 4.79 Å². The number of rotatable bonds is 2. The molecule has 0 saturated heterocycles. The van der Waals surface area contributed by atoms with E-state index < -0.39 is 0 Å². The van der Waals surface area contributed by atoms with Crippen LogP contribution in [0.25, 0.3) is 11.1 Å². The van der Waals surface area contributed by atoms with Gasteiger partial charge in [-0.25, -0.2) is 4.79 Å². The van der Waals surface area contributed by atoms with Crippen LogP contribution in [-0.2, 0) is 4.79 Å². The van der Waals surface area contributed by atoms with Crippen molar-refractivity contribution < 1.29 is 4.79 Å². The first-order valence-electron chi connectivity index (χ1n) is 5.32. The first-order valence-corrected chi connectivity index (χ1v) is 5.32. The number of benzene rings is 1. The van der Waals surface area contributed by atoms with E-state index >= 15 is 0 Å². The molecule has 0 spiro atoms. The Morgan fingerprint density at radius 3 is 2.71 bits per heavy atom. The number of isocyanates is 1. The highest BCUT2D eigenvalue weighted by Gasteiger charge is 2.05. The molecule has 1 aromatic heterocycles. The van der Waals surface area contributed by atoms with Crippen molar-refractivity contribution in [1.29, 1.82) is 0 Å². The zero-order chi connectivity index (χ0) is 12.3. The predicted octanol–water partition coefficient (Wildman–Crippen LogP) is 3.33. The number of aromatic nitrogens is 1. The summed E-state index contributed by atoms with van der Waals surface area (Å²) in [5.74, 6) is 0. The van der Waals surface area contributed by atoms with Gasteiger partial charge in [0.25, 0.3) is 0 Å². The molecule has 3 nitrogen and oxygen atoms in total. The monoisotopic (exact) mass is 224 g/mol. The van der Waals surface area contributed by atoms with Crippen molar-refractivity contribution >= 4 is 11.8 Å². The second kappa shape index (κ2) is 4.73. The second-order valence-electron chi connectivity index (χ2n) is 3.89. The van der Waals surface area contributed by atoms with Gasteiger partial charge >= 0.3 is 0 Å². The summed E-state index contributed by atoms with van der Waals surface area (Å²) < 4.78 is 0. The number of nitrogens with zero attached hydrogens (tertiary/aromatic N) is 2. The number of hydrogen-bond donors (Lipinski definition) is 0. The maximum atomic E-state index is 10.4. The minimum absolute atomic E-state index is 0.547. The molecule has 0 aliphatic carbocycles. The van der Waals surface area contributed by atoms with Gasteiger partial charge in [0, 0.05) is 11.8 Å². The van der Waals surface area contributed by atoms with Gasteiger partial charge in [0.15, 0.2) is 0 Å². The third kappa shape index (κ3) is 2.30. The Hall–Kier alpha value is -2.25. The summed E-state index contributed by atoms with van der Waals surface area (Å²) in [5.41, 5.74) is 4.92. The van der Waals surface area contributed by atoms with Gasteiger partial charge in [0.05, 0.1) is 6.20 Å². The maximum absolute atomic E-state index is 10.4. The predicted molar refractivity (Wildman–Crippen MR) is 66.9 cm³/mol. The SMILES string of the molecule is Cc1ccc(-c2ccncc2N=C=O)cc1C. The van der Waals surface area contributed by atoms with Gasteiger partial charge < -0.3 is 0 Å². The summed E-state index contributed by atoms with van der Waals surface area (Å²) >= 11 is 0. The molecule has 0 radical (unpaired) electrons. The molecular weight excluding hydrogens is 212 g/mol. The topological polar surface area (TPSA) is 42.3 Å². The van der Waals surface area contributed by atoms with Crippen molar-refractivity contribution in [2.75, 3.05) is 0 Å². The van der Waals surface area contributed by atoms with Crippen LogP contribution in [0.4, 0.5) is 5.69 Å². The third-order valence-electron chi connectivity index (χ3n) is 2.78. The smallest absolute Gasteiger partial charge is 0.240 e. The summed E-state index contributed by atoms with van der Waals surface area (Å²) in [6, 6.07) is 8.00. The average molecular weight is 224 g/mol. The lowest BCUT2D eigenvalue weighted by Gasteiger charge is -2.07. The van der Waals surface area contributed by atoms with Crippen molar-refractivity contribution in [1.82, 2.24) is 4.98 Å². The Labute approximate surface area is 99.9 Å². The number of carbonyl (C=O) groups excluding carboxylic acids is 1. The van der Waals surface area contributed by atoms with E-state index in [0.29, 0.717) is 5.69 Å². The molecule has 0 saturated carbocycles. The van der Waals surface area contributed by atoms with Gasteiger partial charge in [-0.2, -0.15) is 4.99 Å². The Balaban J connectivity index is 2.59. The second-order valence-corrected chi connectivity index (χ2v) is 3.89. The van der Waals surface area contributed by atoms with Crippen molar-refractivity contribution in [2.24, 2.45) is 4.99 Å². The first-order chi connectivity index (χ1) is 8.22. The molecule has 2 aromatic rings. The largest absolute Gasteiger partial charge is 0.262 e. The highest BCUT2D eigenvalue weighted by atomic mass is 16.1. The molecule has 2 rings (SSSR count). The van der Waals surface area contributed by atoms with Crippen LogP contribution in [0.3, 0.4) is 0 Å². The molecule has 0 unspecified atom stereocenters. The molecule has 0 aliphatic heterocycles. The molecule has 0 N–H and O–H groups in total. The Morgan fingerprint density at radius 2 is 2.00 bits per heavy atom. The van der Waals surface area contributed by atoms with Crippen LogP contribution in [0, 0.1) is 13.8 Å². The molecule has 1 heterocycles. The molecule has 84 valence electrons. The van der Waals surface area contributed by atoms with Gasteiger partial charge in [-0.3, -0.25) is 4.98 Å². The zero-order valence-corrected chi connectivity index (χ0v) is 9.77. The van der Waals surface area contributed by atoms with Crippen LogP contribution < -0.4 is 0 Å². The number of aliphatic imine (C=N–C) groups is 1. The quantitative estimate of drug-likeness (QED) is 0.580. The third-order valence-corrected chi connectivity index (χ3v) is 2.78. The molecule has 0 fully saturated rings. The summed E-state index contributed by atoms with van der Waals surface area (Å²) in [6.45, 7) is 4.12. The van der Waals surface area contributed by atoms with E-state index in [1.807, 2.05) is 12.1 Å². The van der Waals surface area contributed by atoms with E-state index in [1.165, 1.54) is 11.1 Å². The van der Waals surface area contributed by atoms with Crippen LogP contribution in [0.2, 0.25) is 0 Å². The number of hydrogen-bond acceptors (Lipinski definition) is 3. The van der Waals surface area contributed by atoms with Gasteiger partial charge in [-0.15, -0.1) is 0 Å². The van der Waals surface area contributed by atoms with Crippen molar-refractivity contribution in [3.8, 4) is 11.1 Å². The van der Waals surface area contributed by atoms with Crippen molar-refractivity contribution in [2.45, 2.75) is 13.8 Å². The Morgan fingerprint density at radius 1 is 1.18 bits per heavy atom. The number of pyridine rings is 1. The molecule has 3 heteroatoms. The van der Waals surface area contributed by atoms with Gasteiger partial charge in [0.1, 0.15) is 5.69 Å². The maximum Gasteiger partial charge on any atom is 0.240 e. The van der Waals surface area contributed by atoms with Crippen molar-refractivity contribution in [3.63, 3.8) is 0 Å². The van der Waals surface area contributed by atoms with E-state index in [0.717, 1.165) is 11.1 Å². The Kier molecular flexibility index (Phi) is 3.12. The van der Waals surface area contributed by atoms with Crippen LogP contribution in [-0.4, -0.2) is 11.1 Å². The van der Waals surface area contributed by atoms with Gasteiger partial charge in [0.2, 0.25) is 6.08 Å². The fourth-order valence-electron chi connectivity index (χ4n) is 1.68. The molecular formula is C14H12N2O. The molecule has 17 heavy (non-hydrogen) atoms. The minimum atomic E-state index is 0.547. The highest BCUT2D eigenvalue weighted by molar-refractivity contribution is 5.77. The van der Waals surface area contributed by atoms with Crippen molar-refractivity contribution in [3.05, 3.63) is 47.8 Å². The van der Waals surface area contributed by atoms with Crippen LogP contribution in [0.15, 0.2) is 41.7 Å². The molecule has 0 atom stereocenters. The average Bonchev–Trinajstić information content (AvgIpc) is 2.34. The zero-order valence-electron chi connectivity index (χ0n) is 9.77. The molecule has 0 aliphatic rings. The van der Waals surface area contributed by atoms with E-state index in [2.05, 4.69) is 36.0 Å². The summed E-state index contributed by atoms with van der Waals surface area (Å²) in [4.78, 5) is 18.0. The molecule has 1 aromatic carbocycles. The highest BCUT2D eigenvalue weighted by Crippen LogP contribution is 2.29. The van der Waals surface area contributed by atoms with Crippen LogP contribution in [0.5, 0.6) is 0 Å². The van der Waals surface area contributed by atoms with E-state index in [-0.39, 0.29) is 0 Å². The Bertz CT molecular complexity index is 599. The fourth-order valence-corrected chi connectivity index (χ4v) is 1.68. The number of aryl methyl sites for hydroxylation is 2. The lowest BCUT2D eigenvalue weighted by molar-refractivity contribution is 0.565. The van der Waals surface area contributed by atoms with Gasteiger partial charge in [-0.05, 0) is 36.6 Å². The van der Waals surface area contributed by atoms with Crippen LogP contribution >= 0.6 is 0 Å². The van der Waals surface area contributed by atoms with E-state index in [4.69, 9.17) is 0 Å². The lowest BCUT2D eigenvalue weighted by atomic mass is 10.0. The molecule has 0 amide bonds. The lowest BCUT2D eigenvalue weighted by Crippen LogP contribution is -1.85. The van der Waals surface area contributed by atoms with Gasteiger partial charge in [-0.1, -0.05) is 18.2 Å². The summed E-state index contributed by atoms with van der Waals surface area (Å²) in [7, 11) is 0. The molecule has 0 bridgehead atoms. The standard InChI is InChI=1S/C14H12N2O/c1-10-3-4-12(7-11(10)2)13-5-6-15-8-14(13)16-9-17/h3-8H,1-2H3. The normalized spacial score (nSPS) is 9.76.